The summed E-state index contributed by atoms with van der Waals surface area (Å²) in [6, 6.07) is 15.5. The van der Waals surface area contributed by atoms with Crippen molar-refractivity contribution >= 4 is 28.2 Å². The lowest BCUT2D eigenvalue weighted by Gasteiger charge is -2.06. The number of hydrogen-bond acceptors (Lipinski definition) is 2. The second-order valence-corrected chi connectivity index (χ2v) is 4.56. The first-order valence-electron chi connectivity index (χ1n) is 5.64. The molecule has 2 aromatic carbocycles. The molecule has 2 nitrogen and oxygen atoms in total. The Morgan fingerprint density at radius 2 is 1.83 bits per heavy atom. The Hall–Kier alpha value is -2.06. The minimum Gasteiger partial charge on any atom is -0.399 e. The molecule has 1 heterocycles. The summed E-state index contributed by atoms with van der Waals surface area (Å²) in [6.45, 7) is 0. The summed E-state index contributed by atoms with van der Waals surface area (Å²) < 4.78 is 0. The lowest BCUT2D eigenvalue weighted by atomic mass is 10.1. The van der Waals surface area contributed by atoms with Crippen molar-refractivity contribution in [3.63, 3.8) is 0 Å². The monoisotopic (exact) mass is 254 g/mol. The van der Waals surface area contributed by atoms with Gasteiger partial charge in [0, 0.05) is 33.4 Å². The summed E-state index contributed by atoms with van der Waals surface area (Å²) in [5.74, 6) is 0. The Bertz CT molecular complexity index is 723. The second kappa shape index (κ2) is 4.31. The average Bonchev–Trinajstić information content (AvgIpc) is 2.38. The SMILES string of the molecule is Nc1ccc2ncc(-c3ccccc3Cl)cc2c1. The largest absolute Gasteiger partial charge is 0.399 e. The lowest BCUT2D eigenvalue weighted by Crippen LogP contribution is -1.87. The third-order valence-corrected chi connectivity index (χ3v) is 3.22. The van der Waals surface area contributed by atoms with Gasteiger partial charge in [-0.1, -0.05) is 29.8 Å². The molecule has 0 radical (unpaired) electrons. The van der Waals surface area contributed by atoms with E-state index in [1.54, 1.807) is 0 Å². The number of anilines is 1. The van der Waals surface area contributed by atoms with E-state index in [9.17, 15) is 0 Å². The van der Waals surface area contributed by atoms with Gasteiger partial charge < -0.3 is 5.73 Å². The number of nitrogens with zero attached hydrogens (tertiary/aromatic N) is 1. The number of nitrogens with two attached hydrogens (primary N) is 1. The molecular weight excluding hydrogens is 244 g/mol. The number of aromatic nitrogens is 1. The van der Waals surface area contributed by atoms with Crippen LogP contribution >= 0.6 is 11.6 Å². The van der Waals surface area contributed by atoms with Gasteiger partial charge in [-0.3, -0.25) is 4.98 Å². The van der Waals surface area contributed by atoms with Crippen LogP contribution in [0.25, 0.3) is 22.0 Å². The van der Waals surface area contributed by atoms with Crippen molar-refractivity contribution in [2.45, 2.75) is 0 Å². The van der Waals surface area contributed by atoms with E-state index in [1.807, 2.05) is 48.7 Å². The summed E-state index contributed by atoms with van der Waals surface area (Å²) in [5, 5.41) is 1.75. The van der Waals surface area contributed by atoms with Crippen LogP contribution in [-0.4, -0.2) is 4.98 Å². The van der Waals surface area contributed by atoms with E-state index in [0.717, 1.165) is 32.7 Å². The molecule has 0 aliphatic rings. The van der Waals surface area contributed by atoms with Crippen molar-refractivity contribution in [3.8, 4) is 11.1 Å². The van der Waals surface area contributed by atoms with Crippen LogP contribution in [0.3, 0.4) is 0 Å². The molecule has 2 N–H and O–H groups in total. The van der Waals surface area contributed by atoms with Gasteiger partial charge in [0.2, 0.25) is 0 Å². The Morgan fingerprint density at radius 1 is 1.00 bits per heavy atom. The summed E-state index contributed by atoms with van der Waals surface area (Å²) >= 11 is 6.19. The number of hydrogen-bond donors (Lipinski definition) is 1. The summed E-state index contributed by atoms with van der Waals surface area (Å²) in [4.78, 5) is 4.43. The van der Waals surface area contributed by atoms with Crippen LogP contribution in [0.4, 0.5) is 5.69 Å². The molecule has 0 unspecified atom stereocenters. The molecule has 0 saturated carbocycles. The zero-order chi connectivity index (χ0) is 12.5. The molecule has 1 aromatic heterocycles. The number of pyridine rings is 1. The molecule has 0 aliphatic carbocycles. The highest BCUT2D eigenvalue weighted by molar-refractivity contribution is 6.33. The topological polar surface area (TPSA) is 38.9 Å². The van der Waals surface area contributed by atoms with Crippen molar-refractivity contribution < 1.29 is 0 Å². The van der Waals surface area contributed by atoms with Crippen LogP contribution < -0.4 is 5.73 Å². The predicted molar refractivity (Wildman–Crippen MR) is 76.6 cm³/mol. The minimum atomic E-state index is 0.725. The Balaban J connectivity index is 2.22. The van der Waals surface area contributed by atoms with Crippen LogP contribution in [0, 0.1) is 0 Å². The van der Waals surface area contributed by atoms with E-state index in [2.05, 4.69) is 11.1 Å². The van der Waals surface area contributed by atoms with E-state index in [-0.39, 0.29) is 0 Å². The van der Waals surface area contributed by atoms with Gasteiger partial charge in [0.1, 0.15) is 0 Å². The molecule has 0 saturated heterocycles. The van der Waals surface area contributed by atoms with Gasteiger partial charge in [0.05, 0.1) is 5.52 Å². The summed E-state index contributed by atoms with van der Waals surface area (Å²) in [6.07, 6.45) is 1.83. The van der Waals surface area contributed by atoms with Gasteiger partial charge in [-0.05, 0) is 30.3 Å². The molecule has 3 rings (SSSR count). The number of halogens is 1. The normalized spacial score (nSPS) is 10.7. The van der Waals surface area contributed by atoms with Crippen LogP contribution in [0.5, 0.6) is 0 Å². The second-order valence-electron chi connectivity index (χ2n) is 4.16. The number of benzene rings is 2. The zero-order valence-electron chi connectivity index (χ0n) is 9.60. The molecule has 0 atom stereocenters. The molecule has 18 heavy (non-hydrogen) atoms. The highest BCUT2D eigenvalue weighted by Crippen LogP contribution is 2.29. The number of fused-ring (bicyclic) bond motifs is 1. The first kappa shape index (κ1) is 11.1. The van der Waals surface area contributed by atoms with E-state index in [0.29, 0.717) is 0 Å². The maximum absolute atomic E-state index is 6.19. The molecule has 0 spiro atoms. The van der Waals surface area contributed by atoms with Crippen LogP contribution in [0.1, 0.15) is 0 Å². The number of nitrogen functional groups attached to an aromatic ring is 1. The Morgan fingerprint density at radius 3 is 2.67 bits per heavy atom. The molecule has 3 aromatic rings. The first-order chi connectivity index (χ1) is 8.74. The quantitative estimate of drug-likeness (QED) is 0.663. The van der Waals surface area contributed by atoms with Crippen LogP contribution in [-0.2, 0) is 0 Å². The van der Waals surface area contributed by atoms with E-state index >= 15 is 0 Å². The summed E-state index contributed by atoms with van der Waals surface area (Å²) in [5.41, 5.74) is 9.44. The highest BCUT2D eigenvalue weighted by atomic mass is 35.5. The smallest absolute Gasteiger partial charge is 0.0703 e. The van der Waals surface area contributed by atoms with Gasteiger partial charge in [0.15, 0.2) is 0 Å². The molecule has 0 bridgehead atoms. The van der Waals surface area contributed by atoms with Gasteiger partial charge >= 0.3 is 0 Å². The van der Waals surface area contributed by atoms with Crippen molar-refractivity contribution in [3.05, 3.63) is 59.8 Å². The third-order valence-electron chi connectivity index (χ3n) is 2.89. The van der Waals surface area contributed by atoms with Gasteiger partial charge in [0.25, 0.3) is 0 Å². The zero-order valence-corrected chi connectivity index (χ0v) is 10.4. The summed E-state index contributed by atoms with van der Waals surface area (Å²) in [7, 11) is 0. The molecular formula is C15H11ClN2. The van der Waals surface area contributed by atoms with E-state index in [1.165, 1.54) is 0 Å². The number of rotatable bonds is 1. The van der Waals surface area contributed by atoms with Crippen molar-refractivity contribution in [2.75, 3.05) is 5.73 Å². The first-order valence-corrected chi connectivity index (χ1v) is 6.02. The van der Waals surface area contributed by atoms with Gasteiger partial charge in [-0.15, -0.1) is 0 Å². The molecule has 0 aliphatic heterocycles. The third kappa shape index (κ3) is 1.91. The average molecular weight is 255 g/mol. The molecule has 88 valence electrons. The van der Waals surface area contributed by atoms with Gasteiger partial charge in [-0.2, -0.15) is 0 Å². The standard InChI is InChI=1S/C15H11ClN2/c16-14-4-2-1-3-13(14)11-7-10-8-12(17)5-6-15(10)18-9-11/h1-9H,17H2. The van der Waals surface area contributed by atoms with Crippen LogP contribution in [0.15, 0.2) is 54.7 Å². The van der Waals surface area contributed by atoms with E-state index < -0.39 is 0 Å². The lowest BCUT2D eigenvalue weighted by molar-refractivity contribution is 1.41. The van der Waals surface area contributed by atoms with Gasteiger partial charge in [-0.25, -0.2) is 0 Å². The van der Waals surface area contributed by atoms with E-state index in [4.69, 9.17) is 17.3 Å². The molecule has 3 heteroatoms. The fourth-order valence-corrected chi connectivity index (χ4v) is 2.24. The maximum Gasteiger partial charge on any atom is 0.0703 e. The van der Waals surface area contributed by atoms with Crippen molar-refractivity contribution in [1.29, 1.82) is 0 Å². The van der Waals surface area contributed by atoms with Crippen LogP contribution in [0.2, 0.25) is 5.02 Å². The molecule has 0 fully saturated rings. The minimum absolute atomic E-state index is 0.725. The van der Waals surface area contributed by atoms with Crippen molar-refractivity contribution in [1.82, 2.24) is 4.98 Å². The maximum atomic E-state index is 6.19. The fourth-order valence-electron chi connectivity index (χ4n) is 1.99. The van der Waals surface area contributed by atoms with Crippen molar-refractivity contribution in [2.24, 2.45) is 0 Å². The predicted octanol–water partition coefficient (Wildman–Crippen LogP) is 4.14. The Kier molecular flexibility index (Phi) is 2.65. The highest BCUT2D eigenvalue weighted by Gasteiger charge is 2.04. The fraction of sp³-hybridized carbons (Fsp3) is 0. The Labute approximate surface area is 110 Å². The molecule has 0 amide bonds.